The molecule has 0 spiro atoms. The van der Waals surface area contributed by atoms with Gasteiger partial charge in [-0.2, -0.15) is 0 Å². The third-order valence-corrected chi connectivity index (χ3v) is 3.67. The van der Waals surface area contributed by atoms with Gasteiger partial charge in [-0.15, -0.1) is 0 Å². The molecule has 0 amide bonds. The summed E-state index contributed by atoms with van der Waals surface area (Å²) in [6.07, 6.45) is 0.690. The average molecular weight is 297 g/mol. The molecule has 0 aliphatic heterocycles. The summed E-state index contributed by atoms with van der Waals surface area (Å²) in [5.41, 5.74) is -0.760. The molecule has 0 fully saturated rings. The van der Waals surface area contributed by atoms with Gasteiger partial charge in [-0.25, -0.2) is 17.8 Å². The van der Waals surface area contributed by atoms with Crippen LogP contribution in [0.5, 0.6) is 0 Å². The first-order valence-electron chi connectivity index (χ1n) is 5.28. The largest absolute Gasteiger partial charge is 0.315 e. The number of hydrogen-bond acceptors (Lipinski definition) is 5. The molecule has 104 valence electrons. The smallest absolute Gasteiger partial charge is 0.258 e. The summed E-state index contributed by atoms with van der Waals surface area (Å²) in [6, 6.07) is 7.85. The van der Waals surface area contributed by atoms with Gasteiger partial charge in [0.2, 0.25) is 5.82 Å². The molecular formula is C11H8FN3O4S. The van der Waals surface area contributed by atoms with Crippen molar-refractivity contribution in [2.24, 2.45) is 0 Å². The lowest BCUT2D eigenvalue weighted by Crippen LogP contribution is -2.15. The molecule has 0 saturated heterocycles. The highest BCUT2D eigenvalue weighted by molar-refractivity contribution is 7.92. The van der Waals surface area contributed by atoms with Gasteiger partial charge in [-0.1, -0.05) is 18.2 Å². The Bertz CT molecular complexity index is 750. The Kier molecular flexibility index (Phi) is 3.61. The molecule has 7 nitrogen and oxygen atoms in total. The summed E-state index contributed by atoms with van der Waals surface area (Å²) in [7, 11) is -4.02. The third kappa shape index (κ3) is 2.88. The first-order chi connectivity index (χ1) is 9.40. The predicted molar refractivity (Wildman–Crippen MR) is 68.1 cm³/mol. The summed E-state index contributed by atoms with van der Waals surface area (Å²) in [4.78, 5) is 13.2. The van der Waals surface area contributed by atoms with Gasteiger partial charge in [0.25, 0.3) is 10.0 Å². The summed E-state index contributed by atoms with van der Waals surface area (Å²) in [6.45, 7) is 0. The number of nitro groups is 1. The number of nitrogens with one attached hydrogen (secondary N) is 1. The normalized spacial score (nSPS) is 11.1. The van der Waals surface area contributed by atoms with Gasteiger partial charge in [0.15, 0.2) is 0 Å². The van der Waals surface area contributed by atoms with Crippen molar-refractivity contribution in [2.45, 2.75) is 4.90 Å². The Labute approximate surface area is 113 Å². The molecule has 0 aliphatic carbocycles. The SMILES string of the molecule is O=[N+]([O-])c1cc(F)cnc1NS(=O)(=O)c1ccccc1. The van der Waals surface area contributed by atoms with Crippen LogP contribution in [0.3, 0.4) is 0 Å². The van der Waals surface area contributed by atoms with Crippen LogP contribution in [0.2, 0.25) is 0 Å². The number of rotatable bonds is 4. The summed E-state index contributed by atoms with van der Waals surface area (Å²) in [5, 5.41) is 10.8. The Hall–Kier alpha value is -2.55. The minimum absolute atomic E-state index is 0.0829. The number of halogens is 1. The van der Waals surface area contributed by atoms with Crippen LogP contribution in [0.1, 0.15) is 0 Å². The van der Waals surface area contributed by atoms with Crippen LogP contribution in [0.4, 0.5) is 15.9 Å². The summed E-state index contributed by atoms with van der Waals surface area (Å²) in [5.74, 6) is -1.47. The fourth-order valence-electron chi connectivity index (χ4n) is 1.43. The van der Waals surface area contributed by atoms with E-state index in [-0.39, 0.29) is 4.90 Å². The zero-order chi connectivity index (χ0) is 14.8. The van der Waals surface area contributed by atoms with Crippen LogP contribution in [-0.4, -0.2) is 18.3 Å². The number of benzene rings is 1. The van der Waals surface area contributed by atoms with E-state index in [1.54, 1.807) is 6.07 Å². The first-order valence-corrected chi connectivity index (χ1v) is 6.76. The lowest BCUT2D eigenvalue weighted by molar-refractivity contribution is -0.384. The molecule has 0 bridgehead atoms. The van der Waals surface area contributed by atoms with E-state index >= 15 is 0 Å². The van der Waals surface area contributed by atoms with E-state index in [9.17, 15) is 22.9 Å². The maximum atomic E-state index is 12.9. The number of nitrogens with zero attached hydrogens (tertiary/aromatic N) is 2. The van der Waals surface area contributed by atoms with Gasteiger partial charge in [0, 0.05) is 0 Å². The molecule has 1 N–H and O–H groups in total. The monoisotopic (exact) mass is 297 g/mol. The fraction of sp³-hybridized carbons (Fsp3) is 0. The van der Waals surface area contributed by atoms with Gasteiger partial charge in [-0.3, -0.25) is 14.8 Å². The molecule has 1 aromatic heterocycles. The predicted octanol–water partition coefficient (Wildman–Crippen LogP) is 1.93. The Morgan fingerprint density at radius 1 is 1.25 bits per heavy atom. The molecule has 0 saturated carbocycles. The third-order valence-electron chi connectivity index (χ3n) is 2.32. The molecule has 0 aliphatic rings. The molecule has 1 heterocycles. The van der Waals surface area contributed by atoms with Crippen LogP contribution in [0, 0.1) is 15.9 Å². The lowest BCUT2D eigenvalue weighted by Gasteiger charge is -2.07. The maximum Gasteiger partial charge on any atom is 0.315 e. The van der Waals surface area contributed by atoms with Gasteiger partial charge in [0.1, 0.15) is 5.82 Å². The minimum atomic E-state index is -4.02. The first kappa shape index (κ1) is 13.9. The Morgan fingerprint density at radius 2 is 1.90 bits per heavy atom. The molecule has 0 radical (unpaired) electrons. The average Bonchev–Trinajstić information content (AvgIpc) is 2.41. The molecule has 0 atom stereocenters. The Balaban J connectivity index is 2.43. The van der Waals surface area contributed by atoms with E-state index < -0.39 is 32.3 Å². The molecular weight excluding hydrogens is 289 g/mol. The van der Waals surface area contributed by atoms with Crippen LogP contribution in [0.25, 0.3) is 0 Å². The summed E-state index contributed by atoms with van der Waals surface area (Å²) >= 11 is 0. The van der Waals surface area contributed by atoms with Crippen LogP contribution in [0.15, 0.2) is 47.5 Å². The highest BCUT2D eigenvalue weighted by Crippen LogP contribution is 2.24. The van der Waals surface area contributed by atoms with Crippen molar-refractivity contribution in [1.29, 1.82) is 0 Å². The number of sulfonamides is 1. The van der Waals surface area contributed by atoms with E-state index in [0.717, 1.165) is 0 Å². The summed E-state index contributed by atoms with van der Waals surface area (Å²) < 4.78 is 38.9. The highest BCUT2D eigenvalue weighted by atomic mass is 32.2. The molecule has 9 heteroatoms. The standard InChI is InChI=1S/C11H8FN3O4S/c12-8-6-10(15(16)17)11(13-7-8)14-20(18,19)9-4-2-1-3-5-9/h1-7H,(H,13,14). The molecule has 1 aromatic carbocycles. The number of aromatic nitrogens is 1. The van der Waals surface area contributed by atoms with E-state index in [1.165, 1.54) is 24.3 Å². The minimum Gasteiger partial charge on any atom is -0.258 e. The fourth-order valence-corrected chi connectivity index (χ4v) is 2.48. The van der Waals surface area contributed by atoms with E-state index in [0.29, 0.717) is 12.3 Å². The molecule has 2 rings (SSSR count). The van der Waals surface area contributed by atoms with Crippen molar-refractivity contribution in [2.75, 3.05) is 4.72 Å². The van der Waals surface area contributed by atoms with Gasteiger partial charge in [-0.05, 0) is 12.1 Å². The number of anilines is 1. The second-order valence-corrected chi connectivity index (χ2v) is 5.38. The zero-order valence-corrected chi connectivity index (χ0v) is 10.7. The topological polar surface area (TPSA) is 102 Å². The second kappa shape index (κ2) is 5.21. The molecule has 0 unspecified atom stereocenters. The number of hydrogen-bond donors (Lipinski definition) is 1. The van der Waals surface area contributed by atoms with Crippen molar-refractivity contribution in [3.05, 3.63) is 58.5 Å². The van der Waals surface area contributed by atoms with Gasteiger partial charge < -0.3 is 0 Å². The van der Waals surface area contributed by atoms with Crippen LogP contribution < -0.4 is 4.72 Å². The van der Waals surface area contributed by atoms with E-state index in [2.05, 4.69) is 4.98 Å². The highest BCUT2D eigenvalue weighted by Gasteiger charge is 2.22. The lowest BCUT2D eigenvalue weighted by atomic mass is 10.4. The Morgan fingerprint density at radius 3 is 2.50 bits per heavy atom. The van der Waals surface area contributed by atoms with E-state index in [4.69, 9.17) is 0 Å². The van der Waals surface area contributed by atoms with Gasteiger partial charge >= 0.3 is 5.69 Å². The van der Waals surface area contributed by atoms with Crippen molar-refractivity contribution in [1.82, 2.24) is 4.98 Å². The van der Waals surface area contributed by atoms with Crippen LogP contribution >= 0.6 is 0 Å². The zero-order valence-electron chi connectivity index (χ0n) is 9.86. The second-order valence-electron chi connectivity index (χ2n) is 3.70. The van der Waals surface area contributed by atoms with Crippen molar-refractivity contribution >= 4 is 21.5 Å². The van der Waals surface area contributed by atoms with Crippen molar-refractivity contribution in [3.63, 3.8) is 0 Å². The van der Waals surface area contributed by atoms with Gasteiger partial charge in [0.05, 0.1) is 22.1 Å². The number of pyridine rings is 1. The van der Waals surface area contributed by atoms with E-state index in [1.807, 2.05) is 4.72 Å². The molecule has 2 aromatic rings. The van der Waals surface area contributed by atoms with Crippen molar-refractivity contribution in [3.8, 4) is 0 Å². The quantitative estimate of drug-likeness (QED) is 0.686. The molecule has 20 heavy (non-hydrogen) atoms. The van der Waals surface area contributed by atoms with Crippen molar-refractivity contribution < 1.29 is 17.7 Å². The van der Waals surface area contributed by atoms with Crippen LogP contribution in [-0.2, 0) is 10.0 Å². The maximum absolute atomic E-state index is 12.9.